The third kappa shape index (κ3) is 5.77. The van der Waals surface area contributed by atoms with Crippen molar-refractivity contribution in [1.29, 1.82) is 0 Å². The molecule has 8 heteroatoms. The van der Waals surface area contributed by atoms with Gasteiger partial charge in [-0.1, -0.05) is 12.1 Å². The molecule has 3 N–H and O–H groups in total. The van der Waals surface area contributed by atoms with E-state index in [4.69, 9.17) is 0 Å². The molecule has 2 aromatic carbocycles. The standard InChI is InChI=1S/C27H30N4O4/c1-27(2,26(34)35)30-25(33)21-5-3-18(4-6-21)19-7-11-22(12-8-19)29-24(32)20-9-13-23(14-10-20)31-16-15-28-17-31/h7-18,21H,3-6H2,1-2H3,(H,29,32)(H,30,33)(H,34,35). The highest BCUT2D eigenvalue weighted by molar-refractivity contribution is 6.04. The third-order valence-corrected chi connectivity index (χ3v) is 6.64. The minimum absolute atomic E-state index is 0.163. The third-order valence-electron chi connectivity index (χ3n) is 6.64. The zero-order valence-corrected chi connectivity index (χ0v) is 19.9. The number of anilines is 1. The molecule has 1 aromatic heterocycles. The largest absolute Gasteiger partial charge is 0.480 e. The van der Waals surface area contributed by atoms with Gasteiger partial charge in [0.15, 0.2) is 0 Å². The first-order valence-electron chi connectivity index (χ1n) is 11.8. The highest BCUT2D eigenvalue weighted by Crippen LogP contribution is 2.36. The van der Waals surface area contributed by atoms with Gasteiger partial charge in [0.2, 0.25) is 5.91 Å². The number of carboxylic acids is 1. The van der Waals surface area contributed by atoms with Crippen molar-refractivity contribution in [2.24, 2.45) is 5.92 Å². The molecule has 182 valence electrons. The maximum Gasteiger partial charge on any atom is 0.328 e. The second kappa shape index (κ2) is 10.1. The number of aromatic nitrogens is 2. The molecule has 0 spiro atoms. The minimum Gasteiger partial charge on any atom is -0.480 e. The average Bonchev–Trinajstić information content (AvgIpc) is 3.39. The number of hydrogen-bond donors (Lipinski definition) is 3. The molecule has 1 saturated carbocycles. The first-order chi connectivity index (χ1) is 16.7. The molecule has 1 aliphatic carbocycles. The minimum atomic E-state index is -1.27. The molecule has 0 radical (unpaired) electrons. The van der Waals surface area contributed by atoms with E-state index < -0.39 is 11.5 Å². The van der Waals surface area contributed by atoms with E-state index >= 15 is 0 Å². The Kier molecular flexibility index (Phi) is 7.00. The summed E-state index contributed by atoms with van der Waals surface area (Å²) in [5.74, 6) is -1.23. The predicted octanol–water partition coefficient (Wildman–Crippen LogP) is 4.38. The van der Waals surface area contributed by atoms with Crippen molar-refractivity contribution >= 4 is 23.5 Å². The van der Waals surface area contributed by atoms with E-state index in [0.717, 1.165) is 37.1 Å². The lowest BCUT2D eigenvalue weighted by Crippen LogP contribution is -2.51. The first-order valence-corrected chi connectivity index (χ1v) is 11.8. The maximum atomic E-state index is 12.6. The van der Waals surface area contributed by atoms with Crippen LogP contribution < -0.4 is 10.6 Å². The van der Waals surface area contributed by atoms with Crippen LogP contribution in [0.1, 0.15) is 61.4 Å². The van der Waals surface area contributed by atoms with Gasteiger partial charge in [-0.3, -0.25) is 9.59 Å². The lowest BCUT2D eigenvalue weighted by molar-refractivity contribution is -0.146. The predicted molar refractivity (Wildman–Crippen MR) is 133 cm³/mol. The summed E-state index contributed by atoms with van der Waals surface area (Å²) in [6.07, 6.45) is 8.42. The topological polar surface area (TPSA) is 113 Å². The number of carbonyl (C=O) groups is 3. The van der Waals surface area contributed by atoms with Crippen LogP contribution in [0.3, 0.4) is 0 Å². The van der Waals surface area contributed by atoms with Gasteiger partial charge in [0.25, 0.3) is 5.91 Å². The van der Waals surface area contributed by atoms with Crippen LogP contribution in [0.5, 0.6) is 0 Å². The normalized spacial score (nSPS) is 18.0. The van der Waals surface area contributed by atoms with Crippen LogP contribution in [0, 0.1) is 5.92 Å². The van der Waals surface area contributed by atoms with Crippen LogP contribution in [0.2, 0.25) is 0 Å². The summed E-state index contributed by atoms with van der Waals surface area (Å²) in [4.78, 5) is 40.4. The zero-order valence-electron chi connectivity index (χ0n) is 19.9. The molecule has 8 nitrogen and oxygen atoms in total. The Morgan fingerprint density at radius 1 is 0.971 bits per heavy atom. The highest BCUT2D eigenvalue weighted by atomic mass is 16.4. The van der Waals surface area contributed by atoms with Gasteiger partial charge in [-0.2, -0.15) is 0 Å². The van der Waals surface area contributed by atoms with Gasteiger partial charge < -0.3 is 20.3 Å². The van der Waals surface area contributed by atoms with E-state index in [1.807, 2.05) is 47.2 Å². The van der Waals surface area contributed by atoms with Gasteiger partial charge in [-0.25, -0.2) is 9.78 Å². The fourth-order valence-electron chi connectivity index (χ4n) is 4.39. The number of nitrogens with zero attached hydrogens (tertiary/aromatic N) is 2. The van der Waals surface area contributed by atoms with Crippen LogP contribution in [-0.2, 0) is 9.59 Å². The number of carbonyl (C=O) groups excluding carboxylic acids is 2. The van der Waals surface area contributed by atoms with E-state index in [1.165, 1.54) is 19.4 Å². The van der Waals surface area contributed by atoms with Gasteiger partial charge in [-0.05, 0) is 87.4 Å². The molecule has 0 atom stereocenters. The summed E-state index contributed by atoms with van der Waals surface area (Å²) in [6.45, 7) is 2.99. The van der Waals surface area contributed by atoms with Gasteiger partial charge in [0, 0.05) is 35.2 Å². The van der Waals surface area contributed by atoms with Crippen LogP contribution >= 0.6 is 0 Å². The monoisotopic (exact) mass is 474 g/mol. The van der Waals surface area contributed by atoms with Crippen molar-refractivity contribution in [3.63, 3.8) is 0 Å². The van der Waals surface area contributed by atoms with Crippen LogP contribution in [0.15, 0.2) is 67.3 Å². The second-order valence-corrected chi connectivity index (χ2v) is 9.56. The van der Waals surface area contributed by atoms with Gasteiger partial charge >= 0.3 is 5.97 Å². The number of imidazole rings is 1. The van der Waals surface area contributed by atoms with Gasteiger partial charge in [0.05, 0.1) is 6.33 Å². The molecule has 0 unspecified atom stereocenters. The molecule has 1 fully saturated rings. The van der Waals surface area contributed by atoms with Crippen molar-refractivity contribution < 1.29 is 19.5 Å². The molecule has 1 heterocycles. The van der Waals surface area contributed by atoms with Crippen LogP contribution in [0.25, 0.3) is 5.69 Å². The number of aliphatic carboxylic acids is 1. The van der Waals surface area contributed by atoms with E-state index in [9.17, 15) is 19.5 Å². The first kappa shape index (κ1) is 24.2. The summed E-state index contributed by atoms with van der Waals surface area (Å²) in [6, 6.07) is 15.2. The Labute approximate surface area is 204 Å². The van der Waals surface area contributed by atoms with Gasteiger partial charge in [0.1, 0.15) is 5.54 Å². The molecule has 2 amide bonds. The van der Waals surface area contributed by atoms with Crippen molar-refractivity contribution in [3.8, 4) is 5.69 Å². The number of rotatable bonds is 7. The van der Waals surface area contributed by atoms with E-state index in [0.29, 0.717) is 11.5 Å². The molecular weight excluding hydrogens is 444 g/mol. The fraction of sp³-hybridized carbons (Fsp3) is 0.333. The molecule has 1 aliphatic rings. The number of carboxylic acid groups (broad SMARTS) is 1. The summed E-state index contributed by atoms with van der Waals surface area (Å²) >= 11 is 0. The van der Waals surface area contributed by atoms with Crippen LogP contribution in [-0.4, -0.2) is 38.0 Å². The Morgan fingerprint density at radius 2 is 1.63 bits per heavy atom. The van der Waals surface area contributed by atoms with E-state index in [1.54, 1.807) is 24.7 Å². The molecule has 0 aliphatic heterocycles. The Balaban J connectivity index is 1.29. The van der Waals surface area contributed by atoms with E-state index in [2.05, 4.69) is 15.6 Å². The van der Waals surface area contributed by atoms with Crippen molar-refractivity contribution in [2.75, 3.05) is 5.32 Å². The molecule has 3 aromatic rings. The Hall–Kier alpha value is -3.94. The number of benzene rings is 2. The van der Waals surface area contributed by atoms with Gasteiger partial charge in [-0.15, -0.1) is 0 Å². The molecular formula is C27H30N4O4. The highest BCUT2D eigenvalue weighted by Gasteiger charge is 2.33. The average molecular weight is 475 g/mol. The molecule has 0 bridgehead atoms. The summed E-state index contributed by atoms with van der Waals surface area (Å²) in [5, 5.41) is 14.8. The van der Waals surface area contributed by atoms with Crippen molar-refractivity contribution in [3.05, 3.63) is 78.4 Å². The Morgan fingerprint density at radius 3 is 2.20 bits per heavy atom. The van der Waals surface area contributed by atoms with Crippen molar-refractivity contribution in [1.82, 2.24) is 14.9 Å². The van der Waals surface area contributed by atoms with E-state index in [-0.39, 0.29) is 17.7 Å². The lowest BCUT2D eigenvalue weighted by Gasteiger charge is -2.30. The zero-order chi connectivity index (χ0) is 25.0. The number of hydrogen-bond acceptors (Lipinski definition) is 4. The van der Waals surface area contributed by atoms with Crippen molar-refractivity contribution in [2.45, 2.75) is 51.0 Å². The quantitative estimate of drug-likeness (QED) is 0.470. The maximum absolute atomic E-state index is 12.6. The molecule has 35 heavy (non-hydrogen) atoms. The smallest absolute Gasteiger partial charge is 0.328 e. The summed E-state index contributed by atoms with van der Waals surface area (Å²) in [5.41, 5.74) is 2.14. The lowest BCUT2D eigenvalue weighted by atomic mass is 9.78. The fourth-order valence-corrected chi connectivity index (χ4v) is 4.39. The molecule has 4 rings (SSSR count). The Bertz CT molecular complexity index is 1180. The number of nitrogens with one attached hydrogen (secondary N) is 2. The summed E-state index contributed by atoms with van der Waals surface area (Å²) in [7, 11) is 0. The second-order valence-electron chi connectivity index (χ2n) is 9.56. The summed E-state index contributed by atoms with van der Waals surface area (Å²) < 4.78 is 1.87. The number of amides is 2. The molecule has 0 saturated heterocycles. The SMILES string of the molecule is CC(C)(NC(=O)C1CCC(c2ccc(NC(=O)c3ccc(-n4ccnc4)cc3)cc2)CC1)C(=O)O. The van der Waals surface area contributed by atoms with Crippen LogP contribution in [0.4, 0.5) is 5.69 Å².